The van der Waals surface area contributed by atoms with Crippen LogP contribution in [-0.4, -0.2) is 4.98 Å². The van der Waals surface area contributed by atoms with Crippen LogP contribution in [0.3, 0.4) is 0 Å². The average molecular weight is 370 g/mol. The van der Waals surface area contributed by atoms with E-state index in [1.807, 2.05) is 6.07 Å². The Hall–Kier alpha value is -2.87. The maximum Gasteiger partial charge on any atom is 0.227 e. The number of hydrogen-bond acceptors (Lipinski definition) is 2. The van der Waals surface area contributed by atoms with E-state index in [4.69, 9.17) is 9.40 Å². The molecular formula is C26H27NO. The Labute approximate surface area is 167 Å². The Balaban J connectivity index is 1.53. The van der Waals surface area contributed by atoms with Gasteiger partial charge in [0.2, 0.25) is 5.89 Å². The van der Waals surface area contributed by atoms with E-state index in [0.717, 1.165) is 28.6 Å². The van der Waals surface area contributed by atoms with Crippen LogP contribution in [-0.2, 0) is 6.42 Å². The number of oxazole rings is 1. The van der Waals surface area contributed by atoms with Crippen LogP contribution in [0.4, 0.5) is 0 Å². The summed E-state index contributed by atoms with van der Waals surface area (Å²) in [6.07, 6.45) is 6.33. The van der Waals surface area contributed by atoms with Crippen LogP contribution >= 0.6 is 0 Å². The van der Waals surface area contributed by atoms with Crippen molar-refractivity contribution in [3.63, 3.8) is 0 Å². The van der Waals surface area contributed by atoms with Crippen molar-refractivity contribution < 1.29 is 4.42 Å². The summed E-state index contributed by atoms with van der Waals surface area (Å²) in [6, 6.07) is 23.4. The molecule has 2 nitrogen and oxygen atoms in total. The molecule has 0 saturated heterocycles. The third kappa shape index (κ3) is 4.17. The van der Waals surface area contributed by atoms with Gasteiger partial charge in [-0.25, -0.2) is 4.98 Å². The molecule has 0 aliphatic carbocycles. The van der Waals surface area contributed by atoms with Crippen LogP contribution in [0.15, 0.2) is 71.1 Å². The summed E-state index contributed by atoms with van der Waals surface area (Å²) in [5.74, 6) is 0.689. The summed E-state index contributed by atoms with van der Waals surface area (Å²) in [6.45, 7) is 4.35. The lowest BCUT2D eigenvalue weighted by molar-refractivity contribution is 0.620. The summed E-state index contributed by atoms with van der Waals surface area (Å²) < 4.78 is 6.01. The Morgan fingerprint density at radius 3 is 2.21 bits per heavy atom. The number of aryl methyl sites for hydroxylation is 2. The van der Waals surface area contributed by atoms with Crippen molar-refractivity contribution in [2.45, 2.75) is 46.0 Å². The van der Waals surface area contributed by atoms with E-state index < -0.39 is 0 Å². The standard InChI is InChI=1S/C26H27NO/c1-3-4-5-6-7-20-10-14-22(15-11-20)26-27-24-18-23(16-17-25(24)28-26)21-12-8-19(2)9-13-21/h8-18H,3-7H2,1-2H3. The van der Waals surface area contributed by atoms with E-state index >= 15 is 0 Å². The highest BCUT2D eigenvalue weighted by molar-refractivity contribution is 5.82. The van der Waals surface area contributed by atoms with Crippen molar-refractivity contribution in [1.82, 2.24) is 4.98 Å². The van der Waals surface area contributed by atoms with Gasteiger partial charge in [0.25, 0.3) is 0 Å². The minimum absolute atomic E-state index is 0.689. The summed E-state index contributed by atoms with van der Waals surface area (Å²) in [4.78, 5) is 4.74. The molecule has 1 aromatic heterocycles. The zero-order chi connectivity index (χ0) is 19.3. The van der Waals surface area contributed by atoms with Gasteiger partial charge in [-0.2, -0.15) is 0 Å². The van der Waals surface area contributed by atoms with Crippen LogP contribution in [0.2, 0.25) is 0 Å². The Morgan fingerprint density at radius 1 is 0.750 bits per heavy atom. The second-order valence-corrected chi connectivity index (χ2v) is 7.58. The summed E-state index contributed by atoms with van der Waals surface area (Å²) in [7, 11) is 0. The quantitative estimate of drug-likeness (QED) is 0.314. The first-order valence-corrected chi connectivity index (χ1v) is 10.3. The monoisotopic (exact) mass is 369 g/mol. The lowest BCUT2D eigenvalue weighted by atomic mass is 10.0. The topological polar surface area (TPSA) is 26.0 Å². The van der Waals surface area contributed by atoms with Crippen molar-refractivity contribution >= 4 is 11.1 Å². The summed E-state index contributed by atoms with van der Waals surface area (Å²) in [5, 5.41) is 0. The predicted molar refractivity (Wildman–Crippen MR) is 117 cm³/mol. The molecule has 4 aromatic rings. The fraction of sp³-hybridized carbons (Fsp3) is 0.269. The fourth-order valence-corrected chi connectivity index (χ4v) is 3.55. The zero-order valence-electron chi connectivity index (χ0n) is 16.7. The molecule has 3 aromatic carbocycles. The molecule has 0 N–H and O–H groups in total. The molecule has 0 radical (unpaired) electrons. The Bertz CT molecular complexity index is 1040. The maximum absolute atomic E-state index is 6.01. The van der Waals surface area contributed by atoms with E-state index in [1.54, 1.807) is 0 Å². The number of nitrogens with zero attached hydrogens (tertiary/aromatic N) is 1. The van der Waals surface area contributed by atoms with Gasteiger partial charge in [-0.1, -0.05) is 74.2 Å². The molecule has 1 heterocycles. The van der Waals surface area contributed by atoms with Gasteiger partial charge in [-0.3, -0.25) is 0 Å². The molecule has 0 aliphatic rings. The summed E-state index contributed by atoms with van der Waals surface area (Å²) in [5.41, 5.74) is 7.77. The number of benzene rings is 3. The van der Waals surface area contributed by atoms with E-state index in [1.165, 1.54) is 42.4 Å². The molecule has 2 heteroatoms. The van der Waals surface area contributed by atoms with Gasteiger partial charge in [0.15, 0.2) is 5.58 Å². The average Bonchev–Trinajstić information content (AvgIpc) is 3.15. The highest BCUT2D eigenvalue weighted by atomic mass is 16.3. The van der Waals surface area contributed by atoms with E-state index in [-0.39, 0.29) is 0 Å². The molecule has 4 rings (SSSR count). The molecule has 0 fully saturated rings. The largest absolute Gasteiger partial charge is 0.436 e. The lowest BCUT2D eigenvalue weighted by Crippen LogP contribution is -1.86. The van der Waals surface area contributed by atoms with Crippen LogP contribution in [0.5, 0.6) is 0 Å². The lowest BCUT2D eigenvalue weighted by Gasteiger charge is -2.02. The molecule has 142 valence electrons. The van der Waals surface area contributed by atoms with Crippen LogP contribution < -0.4 is 0 Å². The van der Waals surface area contributed by atoms with Crippen molar-refractivity contribution in [3.8, 4) is 22.6 Å². The molecule has 0 atom stereocenters. The third-order valence-corrected chi connectivity index (χ3v) is 5.29. The minimum Gasteiger partial charge on any atom is -0.436 e. The highest BCUT2D eigenvalue weighted by Crippen LogP contribution is 2.29. The molecule has 0 aliphatic heterocycles. The number of hydrogen-bond donors (Lipinski definition) is 0. The third-order valence-electron chi connectivity index (χ3n) is 5.29. The van der Waals surface area contributed by atoms with Crippen LogP contribution in [0, 0.1) is 6.92 Å². The number of aromatic nitrogens is 1. The van der Waals surface area contributed by atoms with Crippen LogP contribution in [0.25, 0.3) is 33.7 Å². The normalized spacial score (nSPS) is 11.2. The van der Waals surface area contributed by atoms with Crippen LogP contribution in [0.1, 0.15) is 43.7 Å². The van der Waals surface area contributed by atoms with Gasteiger partial charge in [0.05, 0.1) is 0 Å². The Kier molecular flexibility index (Phi) is 5.57. The first kappa shape index (κ1) is 18.5. The van der Waals surface area contributed by atoms with E-state index in [9.17, 15) is 0 Å². The van der Waals surface area contributed by atoms with Gasteiger partial charge in [0, 0.05) is 5.56 Å². The molecule has 28 heavy (non-hydrogen) atoms. The van der Waals surface area contributed by atoms with Crippen molar-refractivity contribution in [3.05, 3.63) is 77.9 Å². The smallest absolute Gasteiger partial charge is 0.227 e. The number of unbranched alkanes of at least 4 members (excludes halogenated alkanes) is 3. The van der Waals surface area contributed by atoms with E-state index in [2.05, 4.69) is 74.5 Å². The molecule has 0 unspecified atom stereocenters. The molecule has 0 bridgehead atoms. The first-order valence-electron chi connectivity index (χ1n) is 10.3. The fourth-order valence-electron chi connectivity index (χ4n) is 3.55. The second-order valence-electron chi connectivity index (χ2n) is 7.58. The second kappa shape index (κ2) is 8.43. The van der Waals surface area contributed by atoms with Crippen molar-refractivity contribution in [2.24, 2.45) is 0 Å². The van der Waals surface area contributed by atoms with E-state index in [0.29, 0.717) is 5.89 Å². The molecule has 0 amide bonds. The molecule has 0 saturated carbocycles. The predicted octanol–water partition coefficient (Wildman–Crippen LogP) is 7.59. The SMILES string of the molecule is CCCCCCc1ccc(-c2nc3cc(-c4ccc(C)cc4)ccc3o2)cc1. The number of fused-ring (bicyclic) bond motifs is 1. The zero-order valence-corrected chi connectivity index (χ0v) is 16.7. The van der Waals surface area contributed by atoms with Crippen molar-refractivity contribution in [2.75, 3.05) is 0 Å². The van der Waals surface area contributed by atoms with Gasteiger partial charge < -0.3 is 4.42 Å². The maximum atomic E-state index is 6.01. The number of rotatable bonds is 7. The van der Waals surface area contributed by atoms with Gasteiger partial charge >= 0.3 is 0 Å². The van der Waals surface area contributed by atoms with Gasteiger partial charge in [-0.05, 0) is 60.7 Å². The first-order chi connectivity index (χ1) is 13.7. The van der Waals surface area contributed by atoms with Crippen molar-refractivity contribution in [1.29, 1.82) is 0 Å². The summed E-state index contributed by atoms with van der Waals surface area (Å²) >= 11 is 0. The molecule has 0 spiro atoms. The van der Waals surface area contributed by atoms with Gasteiger partial charge in [0.1, 0.15) is 5.52 Å². The molecular weight excluding hydrogens is 342 g/mol. The minimum atomic E-state index is 0.689. The highest BCUT2D eigenvalue weighted by Gasteiger charge is 2.10. The van der Waals surface area contributed by atoms with Gasteiger partial charge in [-0.15, -0.1) is 0 Å². The Morgan fingerprint density at radius 2 is 1.46 bits per heavy atom.